The number of hydrogen-bond acceptors (Lipinski definition) is 2. The lowest BCUT2D eigenvalue weighted by atomic mass is 10.1. The van der Waals surface area contributed by atoms with E-state index < -0.39 is 11.6 Å². The number of carboxylic acid groups (broad SMARTS) is 1. The minimum absolute atomic E-state index is 0.474. The molecule has 0 unspecified atom stereocenters. The summed E-state index contributed by atoms with van der Waals surface area (Å²) in [5, 5.41) is 9.15. The molecule has 0 atom stereocenters. The maximum atomic E-state index is 11.2. The molecule has 0 aliphatic heterocycles. The van der Waals surface area contributed by atoms with Gasteiger partial charge in [-0.05, 0) is 49.4 Å². The van der Waals surface area contributed by atoms with Crippen molar-refractivity contribution in [2.24, 2.45) is 0 Å². The van der Waals surface area contributed by atoms with Gasteiger partial charge in [-0.15, -0.1) is 0 Å². The van der Waals surface area contributed by atoms with Gasteiger partial charge in [-0.3, -0.25) is 9.88 Å². The molecule has 0 aromatic carbocycles. The van der Waals surface area contributed by atoms with Crippen LogP contribution in [0.2, 0.25) is 0 Å². The van der Waals surface area contributed by atoms with Crippen LogP contribution in [0.4, 0.5) is 10.5 Å². The van der Waals surface area contributed by atoms with Crippen molar-refractivity contribution in [1.82, 2.24) is 4.98 Å². The maximum absolute atomic E-state index is 11.2. The molecule has 82 valence electrons. The number of anilines is 1. The summed E-state index contributed by atoms with van der Waals surface area (Å²) in [6, 6.07) is 1.80. The molecule has 1 N–H and O–H groups in total. The first-order valence-corrected chi connectivity index (χ1v) is 5.54. The standard InChI is InChI=1S/C10H13IN2O2/c1-10(2,3)13(9(14)15)8-4-7(11)5-12-6-8/h4-6H,1-3H3,(H,14,15). The molecule has 0 saturated heterocycles. The lowest BCUT2D eigenvalue weighted by Gasteiger charge is -2.32. The Hall–Kier alpha value is -0.850. The number of aromatic nitrogens is 1. The van der Waals surface area contributed by atoms with E-state index in [1.807, 2.05) is 20.8 Å². The summed E-state index contributed by atoms with van der Waals surface area (Å²) in [4.78, 5) is 16.4. The summed E-state index contributed by atoms with van der Waals surface area (Å²) in [6.07, 6.45) is 2.28. The van der Waals surface area contributed by atoms with E-state index in [4.69, 9.17) is 5.11 Å². The average molecular weight is 320 g/mol. The zero-order valence-corrected chi connectivity index (χ0v) is 11.0. The maximum Gasteiger partial charge on any atom is 0.412 e. The van der Waals surface area contributed by atoms with Gasteiger partial charge < -0.3 is 5.11 Å². The smallest absolute Gasteiger partial charge is 0.412 e. The van der Waals surface area contributed by atoms with Crippen molar-refractivity contribution in [3.8, 4) is 0 Å². The molecule has 1 amide bonds. The van der Waals surface area contributed by atoms with E-state index in [9.17, 15) is 4.79 Å². The number of pyridine rings is 1. The minimum atomic E-state index is -0.966. The quantitative estimate of drug-likeness (QED) is 0.810. The van der Waals surface area contributed by atoms with Gasteiger partial charge in [0.05, 0.1) is 11.9 Å². The van der Waals surface area contributed by atoms with E-state index in [1.165, 1.54) is 4.90 Å². The number of nitrogens with zero attached hydrogens (tertiary/aromatic N) is 2. The summed E-state index contributed by atoms with van der Waals surface area (Å²) in [5.74, 6) is 0. The third kappa shape index (κ3) is 3.05. The van der Waals surface area contributed by atoms with Gasteiger partial charge in [0, 0.05) is 15.3 Å². The molecule has 1 aromatic rings. The van der Waals surface area contributed by atoms with E-state index in [0.29, 0.717) is 5.69 Å². The Labute approximate surface area is 102 Å². The number of halogens is 1. The van der Waals surface area contributed by atoms with Gasteiger partial charge in [-0.1, -0.05) is 0 Å². The highest BCUT2D eigenvalue weighted by atomic mass is 127. The molecule has 0 bridgehead atoms. The third-order valence-electron chi connectivity index (χ3n) is 1.81. The summed E-state index contributed by atoms with van der Waals surface area (Å²) in [6.45, 7) is 5.54. The van der Waals surface area contributed by atoms with Crippen molar-refractivity contribution in [3.63, 3.8) is 0 Å². The molecule has 15 heavy (non-hydrogen) atoms. The molecule has 1 aromatic heterocycles. The Bertz CT molecular complexity index is 374. The molecule has 0 saturated carbocycles. The summed E-state index contributed by atoms with van der Waals surface area (Å²) < 4.78 is 0.917. The van der Waals surface area contributed by atoms with Gasteiger partial charge in [-0.25, -0.2) is 4.79 Å². The summed E-state index contributed by atoms with van der Waals surface area (Å²) >= 11 is 2.11. The highest BCUT2D eigenvalue weighted by Gasteiger charge is 2.27. The van der Waals surface area contributed by atoms with Crippen LogP contribution in [0.1, 0.15) is 20.8 Å². The van der Waals surface area contributed by atoms with Crippen LogP contribution in [-0.2, 0) is 0 Å². The Morgan fingerprint density at radius 3 is 2.47 bits per heavy atom. The van der Waals surface area contributed by atoms with Crippen molar-refractivity contribution in [3.05, 3.63) is 22.0 Å². The van der Waals surface area contributed by atoms with Gasteiger partial charge in [0.15, 0.2) is 0 Å². The number of amides is 1. The first-order valence-electron chi connectivity index (χ1n) is 4.46. The third-order valence-corrected chi connectivity index (χ3v) is 2.40. The van der Waals surface area contributed by atoms with Crippen LogP contribution in [0.25, 0.3) is 0 Å². The summed E-state index contributed by atoms with van der Waals surface area (Å²) in [5.41, 5.74) is 0.125. The van der Waals surface area contributed by atoms with Crippen LogP contribution in [0.3, 0.4) is 0 Å². The van der Waals surface area contributed by atoms with Crippen LogP contribution in [0, 0.1) is 3.57 Å². The van der Waals surface area contributed by atoms with Gasteiger partial charge >= 0.3 is 6.09 Å². The normalized spacial score (nSPS) is 11.2. The molecule has 4 nitrogen and oxygen atoms in total. The van der Waals surface area contributed by atoms with Gasteiger partial charge in [0.25, 0.3) is 0 Å². The van der Waals surface area contributed by atoms with Crippen LogP contribution in [0.5, 0.6) is 0 Å². The van der Waals surface area contributed by atoms with Crippen molar-refractivity contribution < 1.29 is 9.90 Å². The zero-order chi connectivity index (χ0) is 11.6. The molecule has 0 aliphatic carbocycles. The van der Waals surface area contributed by atoms with Crippen molar-refractivity contribution in [2.45, 2.75) is 26.3 Å². The second-order valence-electron chi connectivity index (χ2n) is 4.15. The number of rotatable bonds is 1. The van der Waals surface area contributed by atoms with Gasteiger partial charge in [0.2, 0.25) is 0 Å². The second kappa shape index (κ2) is 4.34. The number of carbonyl (C=O) groups is 1. The fraction of sp³-hybridized carbons (Fsp3) is 0.400. The van der Waals surface area contributed by atoms with E-state index in [0.717, 1.165) is 3.57 Å². The highest BCUT2D eigenvalue weighted by Crippen LogP contribution is 2.24. The van der Waals surface area contributed by atoms with Gasteiger partial charge in [0.1, 0.15) is 0 Å². The Morgan fingerprint density at radius 2 is 2.07 bits per heavy atom. The first-order chi connectivity index (χ1) is 6.82. The molecule has 0 spiro atoms. The topological polar surface area (TPSA) is 53.4 Å². The molecular weight excluding hydrogens is 307 g/mol. The highest BCUT2D eigenvalue weighted by molar-refractivity contribution is 14.1. The molecule has 0 radical (unpaired) electrons. The lowest BCUT2D eigenvalue weighted by molar-refractivity contribution is 0.195. The first kappa shape index (κ1) is 12.2. The summed E-state index contributed by atoms with van der Waals surface area (Å²) in [7, 11) is 0. The predicted octanol–water partition coefficient (Wildman–Crippen LogP) is 2.97. The van der Waals surface area contributed by atoms with Crippen molar-refractivity contribution >= 4 is 34.4 Å². The fourth-order valence-corrected chi connectivity index (χ4v) is 1.79. The van der Waals surface area contributed by atoms with Crippen molar-refractivity contribution in [1.29, 1.82) is 0 Å². The van der Waals surface area contributed by atoms with E-state index in [2.05, 4.69) is 27.6 Å². The van der Waals surface area contributed by atoms with E-state index in [-0.39, 0.29) is 0 Å². The van der Waals surface area contributed by atoms with Crippen LogP contribution < -0.4 is 4.90 Å². The Balaban J connectivity index is 3.16. The zero-order valence-electron chi connectivity index (χ0n) is 8.86. The molecule has 0 aliphatic rings. The molecule has 1 rings (SSSR count). The van der Waals surface area contributed by atoms with E-state index >= 15 is 0 Å². The van der Waals surface area contributed by atoms with Crippen molar-refractivity contribution in [2.75, 3.05) is 4.90 Å². The average Bonchev–Trinajstić information content (AvgIpc) is 1.99. The Morgan fingerprint density at radius 1 is 1.47 bits per heavy atom. The second-order valence-corrected chi connectivity index (χ2v) is 5.40. The predicted molar refractivity (Wildman–Crippen MR) is 67.2 cm³/mol. The number of hydrogen-bond donors (Lipinski definition) is 1. The van der Waals surface area contributed by atoms with E-state index in [1.54, 1.807) is 18.5 Å². The largest absolute Gasteiger partial charge is 0.465 e. The molecule has 0 fully saturated rings. The molecular formula is C10H13IN2O2. The van der Waals surface area contributed by atoms with Crippen LogP contribution >= 0.6 is 22.6 Å². The van der Waals surface area contributed by atoms with Crippen LogP contribution in [-0.4, -0.2) is 21.7 Å². The van der Waals surface area contributed by atoms with Gasteiger partial charge in [-0.2, -0.15) is 0 Å². The SMILES string of the molecule is CC(C)(C)N(C(=O)O)c1cncc(I)c1. The molecule has 1 heterocycles. The molecule has 5 heteroatoms. The fourth-order valence-electron chi connectivity index (χ4n) is 1.31. The van der Waals surface area contributed by atoms with Crippen LogP contribution in [0.15, 0.2) is 18.5 Å². The Kier molecular flexibility index (Phi) is 3.54. The monoisotopic (exact) mass is 320 g/mol. The lowest BCUT2D eigenvalue weighted by Crippen LogP contribution is -2.45. The minimum Gasteiger partial charge on any atom is -0.465 e.